The molecule has 0 bridgehead atoms. The number of sulfonamides is 1. The monoisotopic (exact) mass is 368 g/mol. The van der Waals surface area contributed by atoms with E-state index >= 15 is 0 Å². The summed E-state index contributed by atoms with van der Waals surface area (Å²) in [4.78, 5) is 26.2. The summed E-state index contributed by atoms with van der Waals surface area (Å²) in [6.45, 7) is 2.39. The Bertz CT molecular complexity index is 732. The van der Waals surface area contributed by atoms with Gasteiger partial charge in [-0.25, -0.2) is 17.9 Å². The second-order valence-electron chi connectivity index (χ2n) is 5.96. The summed E-state index contributed by atoms with van der Waals surface area (Å²) in [5.41, 5.74) is 0.0924. The Morgan fingerprint density at radius 2 is 2.08 bits per heavy atom. The lowest BCUT2D eigenvalue weighted by Gasteiger charge is -2.35. The number of hydrogen-bond acceptors (Lipinski definition) is 5. The minimum Gasteiger partial charge on any atom is -0.452 e. The summed E-state index contributed by atoms with van der Waals surface area (Å²) in [7, 11) is -2.35. The lowest BCUT2D eigenvalue weighted by molar-refractivity contribution is -0.138. The van der Waals surface area contributed by atoms with E-state index in [-0.39, 0.29) is 29.0 Å². The fourth-order valence-corrected chi connectivity index (χ4v) is 3.73. The highest BCUT2D eigenvalue weighted by atomic mass is 32.2. The molecule has 1 N–H and O–H groups in total. The third kappa shape index (κ3) is 4.79. The van der Waals surface area contributed by atoms with Crippen LogP contribution in [0.15, 0.2) is 29.2 Å². The molecule has 0 radical (unpaired) electrons. The summed E-state index contributed by atoms with van der Waals surface area (Å²) in [6, 6.07) is 5.73. The molecule has 1 aromatic rings. The van der Waals surface area contributed by atoms with E-state index in [1.165, 1.54) is 31.3 Å². The molecular weight excluding hydrogens is 344 g/mol. The number of likely N-dealkylation sites (tertiary alicyclic amines) is 1. The van der Waals surface area contributed by atoms with E-state index in [1.54, 1.807) is 4.90 Å². The molecule has 25 heavy (non-hydrogen) atoms. The van der Waals surface area contributed by atoms with Crippen LogP contribution in [0.25, 0.3) is 0 Å². The molecule has 7 nitrogen and oxygen atoms in total. The zero-order valence-corrected chi connectivity index (χ0v) is 15.3. The van der Waals surface area contributed by atoms with Crippen LogP contribution >= 0.6 is 0 Å². The molecule has 1 saturated heterocycles. The zero-order valence-electron chi connectivity index (χ0n) is 14.5. The summed E-state index contributed by atoms with van der Waals surface area (Å²) in [6.07, 6.45) is 3.92. The van der Waals surface area contributed by atoms with Crippen LogP contribution in [-0.2, 0) is 19.6 Å². The molecule has 0 aliphatic carbocycles. The van der Waals surface area contributed by atoms with Crippen molar-refractivity contribution < 1.29 is 22.7 Å². The molecule has 1 amide bonds. The number of benzene rings is 1. The molecule has 1 aliphatic heterocycles. The van der Waals surface area contributed by atoms with Crippen LogP contribution in [0.2, 0.25) is 0 Å². The normalized spacial score (nSPS) is 18.0. The molecule has 0 unspecified atom stereocenters. The number of carbonyl (C=O) groups excluding carboxylic acids is 2. The maximum atomic E-state index is 12.3. The average molecular weight is 368 g/mol. The SMILES string of the molecule is CC[C@H]1CCCCN1C(=O)COC(=O)c1cccc(S(=O)(=O)NC)c1. The number of rotatable bonds is 6. The van der Waals surface area contributed by atoms with Crippen LogP contribution < -0.4 is 4.72 Å². The van der Waals surface area contributed by atoms with Gasteiger partial charge in [0.2, 0.25) is 10.0 Å². The Kier molecular flexibility index (Phi) is 6.55. The third-order valence-electron chi connectivity index (χ3n) is 4.39. The van der Waals surface area contributed by atoms with Crippen LogP contribution in [0.4, 0.5) is 0 Å². The van der Waals surface area contributed by atoms with Crippen LogP contribution in [0.5, 0.6) is 0 Å². The lowest BCUT2D eigenvalue weighted by atomic mass is 10.00. The zero-order chi connectivity index (χ0) is 18.4. The van der Waals surface area contributed by atoms with E-state index in [4.69, 9.17) is 4.74 Å². The largest absolute Gasteiger partial charge is 0.452 e. The summed E-state index contributed by atoms with van der Waals surface area (Å²) in [5.74, 6) is -0.925. The van der Waals surface area contributed by atoms with Crippen molar-refractivity contribution in [1.82, 2.24) is 9.62 Å². The molecule has 1 fully saturated rings. The van der Waals surface area contributed by atoms with Crippen molar-refractivity contribution in [3.8, 4) is 0 Å². The number of ether oxygens (including phenoxy) is 1. The molecule has 1 aromatic carbocycles. The average Bonchev–Trinajstić information content (AvgIpc) is 2.65. The van der Waals surface area contributed by atoms with E-state index in [0.29, 0.717) is 6.54 Å². The van der Waals surface area contributed by atoms with E-state index < -0.39 is 16.0 Å². The van der Waals surface area contributed by atoms with Gasteiger partial charge in [-0.15, -0.1) is 0 Å². The van der Waals surface area contributed by atoms with Gasteiger partial charge in [0.1, 0.15) is 0 Å². The number of nitrogens with one attached hydrogen (secondary N) is 1. The molecule has 1 heterocycles. The summed E-state index contributed by atoms with van der Waals surface area (Å²) in [5, 5.41) is 0. The first-order valence-corrected chi connectivity index (χ1v) is 9.87. The van der Waals surface area contributed by atoms with Gasteiger partial charge in [-0.3, -0.25) is 4.79 Å². The minimum atomic E-state index is -3.65. The van der Waals surface area contributed by atoms with Crippen LogP contribution in [0.3, 0.4) is 0 Å². The van der Waals surface area contributed by atoms with Gasteiger partial charge in [0.05, 0.1) is 10.5 Å². The first-order valence-electron chi connectivity index (χ1n) is 8.39. The molecule has 0 aromatic heterocycles. The number of hydrogen-bond donors (Lipinski definition) is 1. The van der Waals surface area contributed by atoms with Crippen molar-refractivity contribution in [3.05, 3.63) is 29.8 Å². The Hall–Kier alpha value is -1.93. The van der Waals surface area contributed by atoms with Crippen molar-refractivity contribution in [1.29, 1.82) is 0 Å². The molecule has 1 aliphatic rings. The summed E-state index contributed by atoms with van der Waals surface area (Å²) < 4.78 is 30.9. The number of piperidine rings is 1. The highest BCUT2D eigenvalue weighted by Crippen LogP contribution is 2.19. The van der Waals surface area contributed by atoms with Gasteiger partial charge in [-0.05, 0) is 50.9 Å². The maximum absolute atomic E-state index is 12.3. The third-order valence-corrected chi connectivity index (χ3v) is 5.81. The first-order chi connectivity index (χ1) is 11.9. The van der Waals surface area contributed by atoms with Gasteiger partial charge >= 0.3 is 5.97 Å². The van der Waals surface area contributed by atoms with Crippen molar-refractivity contribution >= 4 is 21.9 Å². The Balaban J connectivity index is 2.00. The minimum absolute atomic E-state index is 0.0298. The van der Waals surface area contributed by atoms with Gasteiger partial charge in [0.15, 0.2) is 6.61 Å². The highest BCUT2D eigenvalue weighted by Gasteiger charge is 2.26. The molecule has 1 atom stereocenters. The quantitative estimate of drug-likeness (QED) is 0.769. The second kappa shape index (κ2) is 8.44. The van der Waals surface area contributed by atoms with E-state index in [2.05, 4.69) is 4.72 Å². The van der Waals surface area contributed by atoms with Crippen LogP contribution in [-0.4, -0.2) is 51.4 Å². The van der Waals surface area contributed by atoms with Crippen molar-refractivity contribution in [2.75, 3.05) is 20.2 Å². The number of carbonyl (C=O) groups is 2. The molecule has 0 spiro atoms. The molecule has 2 rings (SSSR count). The summed E-state index contributed by atoms with van der Waals surface area (Å²) >= 11 is 0. The Morgan fingerprint density at radius 3 is 2.76 bits per heavy atom. The molecule has 8 heteroatoms. The van der Waals surface area contributed by atoms with Crippen LogP contribution in [0.1, 0.15) is 43.0 Å². The van der Waals surface area contributed by atoms with Gasteiger partial charge < -0.3 is 9.64 Å². The van der Waals surface area contributed by atoms with Crippen LogP contribution in [0, 0.1) is 0 Å². The van der Waals surface area contributed by atoms with Gasteiger partial charge in [-0.1, -0.05) is 13.0 Å². The Morgan fingerprint density at radius 1 is 1.32 bits per heavy atom. The lowest BCUT2D eigenvalue weighted by Crippen LogP contribution is -2.45. The second-order valence-corrected chi connectivity index (χ2v) is 7.84. The predicted molar refractivity (Wildman–Crippen MR) is 92.6 cm³/mol. The number of esters is 1. The predicted octanol–water partition coefficient (Wildman–Crippen LogP) is 1.54. The molecule has 138 valence electrons. The topological polar surface area (TPSA) is 92.8 Å². The first kappa shape index (κ1) is 19.4. The van der Waals surface area contributed by atoms with E-state index in [1.807, 2.05) is 6.92 Å². The fraction of sp³-hybridized carbons (Fsp3) is 0.529. The van der Waals surface area contributed by atoms with Crippen molar-refractivity contribution in [2.24, 2.45) is 0 Å². The maximum Gasteiger partial charge on any atom is 0.338 e. The fourth-order valence-electron chi connectivity index (χ4n) is 2.95. The smallest absolute Gasteiger partial charge is 0.338 e. The molecule has 0 saturated carbocycles. The van der Waals surface area contributed by atoms with E-state index in [9.17, 15) is 18.0 Å². The standard InChI is InChI=1S/C17H24N2O5S/c1-3-14-8-4-5-10-19(14)16(20)12-24-17(21)13-7-6-9-15(11-13)25(22,23)18-2/h6-7,9,11,14,18H,3-5,8,10,12H2,1-2H3/t14-/m0/s1. The van der Waals surface area contributed by atoms with Gasteiger partial charge in [0, 0.05) is 12.6 Å². The van der Waals surface area contributed by atoms with Gasteiger partial charge in [0.25, 0.3) is 5.91 Å². The van der Waals surface area contributed by atoms with E-state index in [0.717, 1.165) is 25.7 Å². The highest BCUT2D eigenvalue weighted by molar-refractivity contribution is 7.89. The van der Waals surface area contributed by atoms with Gasteiger partial charge in [-0.2, -0.15) is 0 Å². The van der Waals surface area contributed by atoms with Crippen molar-refractivity contribution in [3.63, 3.8) is 0 Å². The Labute approximate surface area is 148 Å². The number of amides is 1. The van der Waals surface area contributed by atoms with Crippen molar-refractivity contribution in [2.45, 2.75) is 43.5 Å². The number of nitrogens with zero attached hydrogens (tertiary/aromatic N) is 1. The molecular formula is C17H24N2O5S.